The average Bonchev–Trinajstić information content (AvgIpc) is 2.00. The van der Waals surface area contributed by atoms with E-state index in [0.717, 1.165) is 19.7 Å². The lowest BCUT2D eigenvalue weighted by atomic mass is 10.5. The third kappa shape index (κ3) is 3.15. The Bertz CT molecular complexity index is 81.7. The molecule has 0 rings (SSSR count). The Hall–Kier alpha value is -0.120. The van der Waals surface area contributed by atoms with Crippen molar-refractivity contribution >= 4 is 0 Å². The summed E-state index contributed by atoms with van der Waals surface area (Å²) < 4.78 is 5.56. The Morgan fingerprint density at radius 2 is 1.90 bits per heavy atom. The highest BCUT2D eigenvalue weighted by Crippen LogP contribution is 1.99. The van der Waals surface area contributed by atoms with Crippen molar-refractivity contribution in [2.45, 2.75) is 6.92 Å². The fourth-order valence-electron chi connectivity index (χ4n) is 0.663. The van der Waals surface area contributed by atoms with E-state index in [1.54, 1.807) is 14.2 Å². The van der Waals surface area contributed by atoms with E-state index in [-0.39, 0.29) is 0 Å². The second kappa shape index (κ2) is 4.66. The van der Waals surface area contributed by atoms with Gasteiger partial charge in [-0.15, -0.1) is 0 Å². The molecule has 0 saturated heterocycles. The highest BCUT2D eigenvalue weighted by molar-refractivity contribution is 4.24. The van der Waals surface area contributed by atoms with Crippen LogP contribution in [-0.2, 0) is 9.57 Å². The Balaban J connectivity index is 3.58. The van der Waals surface area contributed by atoms with Crippen molar-refractivity contribution in [3.8, 4) is 0 Å². The molecule has 62 valence electrons. The predicted molar refractivity (Wildman–Crippen MR) is 40.5 cm³/mol. The van der Waals surface area contributed by atoms with E-state index >= 15 is 0 Å². The number of methoxy groups -OCH3 is 1. The van der Waals surface area contributed by atoms with E-state index < -0.39 is 0 Å². The van der Waals surface area contributed by atoms with Crippen molar-refractivity contribution in [2.24, 2.45) is 0 Å². The SMILES string of the molecule is CC[N+](C)(CCOC)OC. The second-order valence-corrected chi connectivity index (χ2v) is 2.51. The van der Waals surface area contributed by atoms with Crippen LogP contribution in [0.3, 0.4) is 0 Å². The zero-order chi connectivity index (χ0) is 8.04. The Labute approximate surface area is 63.1 Å². The van der Waals surface area contributed by atoms with E-state index in [1.807, 2.05) is 7.05 Å². The van der Waals surface area contributed by atoms with Crippen LogP contribution < -0.4 is 0 Å². The van der Waals surface area contributed by atoms with Crippen LogP contribution in [0.5, 0.6) is 0 Å². The normalized spacial score (nSPS) is 16.8. The molecule has 0 radical (unpaired) electrons. The van der Waals surface area contributed by atoms with Gasteiger partial charge in [-0.05, 0) is 6.92 Å². The molecule has 0 heterocycles. The molecule has 10 heavy (non-hydrogen) atoms. The van der Waals surface area contributed by atoms with Crippen LogP contribution in [0.15, 0.2) is 0 Å². The topological polar surface area (TPSA) is 18.5 Å². The first-order chi connectivity index (χ1) is 4.68. The minimum Gasteiger partial charge on any atom is -0.379 e. The van der Waals surface area contributed by atoms with Crippen LogP contribution in [0.4, 0.5) is 0 Å². The largest absolute Gasteiger partial charge is 0.379 e. The molecule has 3 nitrogen and oxygen atoms in total. The van der Waals surface area contributed by atoms with Gasteiger partial charge in [-0.3, -0.25) is 0 Å². The van der Waals surface area contributed by atoms with Crippen LogP contribution in [0.25, 0.3) is 0 Å². The summed E-state index contributed by atoms with van der Waals surface area (Å²) in [4.78, 5) is 5.25. The number of likely N-dealkylation sites (N-methyl/N-ethyl adjacent to an activating group) is 1. The summed E-state index contributed by atoms with van der Waals surface area (Å²) >= 11 is 0. The maximum absolute atomic E-state index is 5.25. The molecular formula is C7H18NO2+. The van der Waals surface area contributed by atoms with E-state index in [2.05, 4.69) is 6.92 Å². The highest BCUT2D eigenvalue weighted by atomic mass is 16.7. The van der Waals surface area contributed by atoms with Crippen LogP contribution >= 0.6 is 0 Å². The van der Waals surface area contributed by atoms with Gasteiger partial charge in [0.1, 0.15) is 13.1 Å². The number of hydrogen-bond acceptors (Lipinski definition) is 2. The molecule has 3 heteroatoms. The average molecular weight is 148 g/mol. The number of rotatable bonds is 5. The molecule has 0 bridgehead atoms. The van der Waals surface area contributed by atoms with Crippen LogP contribution in [0, 0.1) is 0 Å². The second-order valence-electron chi connectivity index (χ2n) is 2.51. The van der Waals surface area contributed by atoms with Crippen molar-refractivity contribution in [2.75, 3.05) is 41.0 Å². The molecule has 0 aromatic rings. The molecule has 0 saturated carbocycles. The van der Waals surface area contributed by atoms with Gasteiger partial charge in [-0.25, -0.2) is 4.84 Å². The first-order valence-electron chi connectivity index (χ1n) is 3.57. The summed E-state index contributed by atoms with van der Waals surface area (Å²) in [6.07, 6.45) is 0. The number of quaternary nitrogens is 1. The van der Waals surface area contributed by atoms with Gasteiger partial charge in [-0.1, -0.05) is 0 Å². The Morgan fingerprint density at radius 1 is 1.30 bits per heavy atom. The van der Waals surface area contributed by atoms with Gasteiger partial charge >= 0.3 is 0 Å². The van der Waals surface area contributed by atoms with Gasteiger partial charge < -0.3 is 4.74 Å². The van der Waals surface area contributed by atoms with Crippen molar-refractivity contribution < 1.29 is 14.2 Å². The van der Waals surface area contributed by atoms with Gasteiger partial charge in [0.05, 0.1) is 20.8 Å². The summed E-state index contributed by atoms with van der Waals surface area (Å²) in [7, 11) is 5.47. The van der Waals surface area contributed by atoms with Crippen molar-refractivity contribution in [1.29, 1.82) is 0 Å². The van der Waals surface area contributed by atoms with E-state index in [0.29, 0.717) is 4.65 Å². The molecule has 0 aliphatic carbocycles. The molecule has 1 unspecified atom stereocenters. The molecule has 0 aliphatic rings. The first kappa shape index (κ1) is 9.88. The van der Waals surface area contributed by atoms with Gasteiger partial charge in [0.25, 0.3) is 0 Å². The molecule has 0 aliphatic heterocycles. The smallest absolute Gasteiger partial charge is 0.132 e. The summed E-state index contributed by atoms with van der Waals surface area (Å²) in [5.41, 5.74) is 0. The first-order valence-corrected chi connectivity index (χ1v) is 3.57. The number of hydrogen-bond donors (Lipinski definition) is 0. The third-order valence-corrected chi connectivity index (χ3v) is 1.88. The van der Waals surface area contributed by atoms with Crippen LogP contribution in [0.2, 0.25) is 0 Å². The fraction of sp³-hybridized carbons (Fsp3) is 1.00. The third-order valence-electron chi connectivity index (χ3n) is 1.88. The molecule has 0 aromatic carbocycles. The van der Waals surface area contributed by atoms with E-state index in [9.17, 15) is 0 Å². The van der Waals surface area contributed by atoms with Crippen molar-refractivity contribution in [3.63, 3.8) is 0 Å². The van der Waals surface area contributed by atoms with Crippen LogP contribution in [-0.4, -0.2) is 45.6 Å². The zero-order valence-electron chi connectivity index (χ0n) is 7.39. The van der Waals surface area contributed by atoms with E-state index in [1.165, 1.54) is 0 Å². The zero-order valence-corrected chi connectivity index (χ0v) is 7.39. The number of nitrogens with zero attached hydrogens (tertiary/aromatic N) is 1. The number of hydroxylamine groups is 3. The van der Waals surface area contributed by atoms with Crippen molar-refractivity contribution in [3.05, 3.63) is 0 Å². The molecule has 0 amide bonds. The van der Waals surface area contributed by atoms with E-state index in [4.69, 9.17) is 9.57 Å². The Morgan fingerprint density at radius 3 is 2.20 bits per heavy atom. The Kier molecular flexibility index (Phi) is 4.60. The maximum atomic E-state index is 5.25. The summed E-state index contributed by atoms with van der Waals surface area (Å²) in [5, 5.41) is 0. The molecular weight excluding hydrogens is 130 g/mol. The molecule has 0 N–H and O–H groups in total. The van der Waals surface area contributed by atoms with Gasteiger partial charge in [0.15, 0.2) is 0 Å². The molecule has 0 fully saturated rings. The minimum atomic E-state index is 0.619. The van der Waals surface area contributed by atoms with Crippen LogP contribution in [0.1, 0.15) is 6.92 Å². The predicted octanol–water partition coefficient (Wildman–Crippen LogP) is 0.661. The summed E-state index contributed by atoms with van der Waals surface area (Å²) in [5.74, 6) is 0. The lowest BCUT2D eigenvalue weighted by molar-refractivity contribution is -1.09. The van der Waals surface area contributed by atoms with Gasteiger partial charge in [0.2, 0.25) is 0 Å². The molecule has 0 spiro atoms. The lowest BCUT2D eigenvalue weighted by Gasteiger charge is -2.27. The summed E-state index contributed by atoms with van der Waals surface area (Å²) in [6, 6.07) is 0. The summed E-state index contributed by atoms with van der Waals surface area (Å²) in [6.45, 7) is 4.72. The number of ether oxygens (including phenoxy) is 1. The lowest BCUT2D eigenvalue weighted by Crippen LogP contribution is -2.44. The monoisotopic (exact) mass is 148 g/mol. The van der Waals surface area contributed by atoms with Crippen molar-refractivity contribution in [1.82, 2.24) is 0 Å². The molecule has 0 aromatic heterocycles. The van der Waals surface area contributed by atoms with Gasteiger partial charge in [0, 0.05) is 7.11 Å². The quantitative estimate of drug-likeness (QED) is 0.421. The maximum Gasteiger partial charge on any atom is 0.132 e. The molecule has 1 atom stereocenters. The minimum absolute atomic E-state index is 0.619. The highest BCUT2D eigenvalue weighted by Gasteiger charge is 2.17. The standard InChI is InChI=1S/C7H18NO2/c1-5-8(2,10-4)6-7-9-3/h5-7H2,1-4H3/q+1. The fourth-order valence-corrected chi connectivity index (χ4v) is 0.663. The van der Waals surface area contributed by atoms with Gasteiger partial charge in [-0.2, -0.15) is 4.65 Å².